The molecule has 0 aliphatic carbocycles. The van der Waals surface area contributed by atoms with Crippen molar-refractivity contribution in [3.8, 4) is 0 Å². The molecule has 0 spiro atoms. The van der Waals surface area contributed by atoms with Crippen molar-refractivity contribution in [2.24, 2.45) is 0 Å². The van der Waals surface area contributed by atoms with Crippen LogP contribution in [0.1, 0.15) is 31.9 Å². The van der Waals surface area contributed by atoms with Crippen LogP contribution in [0, 0.1) is 13.8 Å². The molecule has 0 saturated heterocycles. The number of aryl methyl sites for hydroxylation is 2. The van der Waals surface area contributed by atoms with Crippen LogP contribution >= 0.6 is 7.92 Å². The molecule has 140 valence electrons. The monoisotopic (exact) mass is 394 g/mol. The first-order chi connectivity index (χ1) is 12.8. The quantitative estimate of drug-likeness (QED) is 0.571. The van der Waals surface area contributed by atoms with Crippen molar-refractivity contribution in [1.82, 2.24) is 0 Å². The van der Waals surface area contributed by atoms with Gasteiger partial charge in [0.2, 0.25) is 0 Å². The number of rotatable bonds is 4. The van der Waals surface area contributed by atoms with Crippen molar-refractivity contribution in [3.05, 3.63) is 83.9 Å². The van der Waals surface area contributed by atoms with E-state index >= 15 is 0 Å². The van der Waals surface area contributed by atoms with Gasteiger partial charge in [-0.15, -0.1) is 0 Å². The first-order valence-corrected chi connectivity index (χ1v) is 11.7. The number of hydrogen-bond acceptors (Lipinski definition) is 1. The first-order valence-electron chi connectivity index (χ1n) is 9.22. The molecule has 0 fully saturated rings. The molecule has 0 aliphatic heterocycles. The summed E-state index contributed by atoms with van der Waals surface area (Å²) in [5.74, 6) is 0. The summed E-state index contributed by atoms with van der Waals surface area (Å²) >= 11 is 0. The predicted molar refractivity (Wildman–Crippen MR) is 121 cm³/mol. The standard InChI is InChI=1S/C24H27OPS/c1-18-10-14-20(15-11-18)26(21-16-12-19(2)13-17-21)22-8-6-7-9-23(22)27(25)24(3,4)5/h6-17H,1-5H3/t27-/m0/s1. The van der Waals surface area contributed by atoms with Crippen LogP contribution in [0.3, 0.4) is 0 Å². The lowest BCUT2D eigenvalue weighted by atomic mass is 10.2. The van der Waals surface area contributed by atoms with E-state index in [0.717, 1.165) is 4.90 Å². The van der Waals surface area contributed by atoms with E-state index in [4.69, 9.17) is 0 Å². The highest BCUT2D eigenvalue weighted by Crippen LogP contribution is 2.36. The topological polar surface area (TPSA) is 17.1 Å². The van der Waals surface area contributed by atoms with Gasteiger partial charge in [-0.3, -0.25) is 4.21 Å². The van der Waals surface area contributed by atoms with E-state index in [9.17, 15) is 4.21 Å². The molecular weight excluding hydrogens is 367 g/mol. The first kappa shape index (κ1) is 20.0. The molecule has 3 heteroatoms. The maximum atomic E-state index is 13.3. The maximum absolute atomic E-state index is 13.3. The lowest BCUT2D eigenvalue weighted by Gasteiger charge is -2.25. The average Bonchev–Trinajstić information content (AvgIpc) is 2.64. The summed E-state index contributed by atoms with van der Waals surface area (Å²) in [6.45, 7) is 10.3. The Morgan fingerprint density at radius 1 is 0.704 bits per heavy atom. The molecule has 3 aromatic carbocycles. The van der Waals surface area contributed by atoms with Gasteiger partial charge in [0, 0.05) is 14.9 Å². The predicted octanol–water partition coefficient (Wildman–Crippen LogP) is 4.97. The molecule has 0 radical (unpaired) electrons. The van der Waals surface area contributed by atoms with Crippen LogP contribution < -0.4 is 15.9 Å². The van der Waals surface area contributed by atoms with E-state index in [1.54, 1.807) is 0 Å². The van der Waals surface area contributed by atoms with Crippen LogP contribution in [0.2, 0.25) is 0 Å². The van der Waals surface area contributed by atoms with Crippen LogP contribution in [0.5, 0.6) is 0 Å². The van der Waals surface area contributed by atoms with Gasteiger partial charge in [0.05, 0.1) is 10.8 Å². The Morgan fingerprint density at radius 2 is 1.15 bits per heavy atom. The van der Waals surface area contributed by atoms with Gasteiger partial charge in [-0.05, 0) is 59.2 Å². The van der Waals surface area contributed by atoms with E-state index in [-0.39, 0.29) is 4.75 Å². The van der Waals surface area contributed by atoms with E-state index in [0.29, 0.717) is 0 Å². The lowest BCUT2D eigenvalue weighted by molar-refractivity contribution is 0.649. The Kier molecular flexibility index (Phi) is 5.99. The Labute approximate surface area is 167 Å². The molecule has 3 aromatic rings. The summed E-state index contributed by atoms with van der Waals surface area (Å²) in [5.41, 5.74) is 2.51. The van der Waals surface area contributed by atoms with Gasteiger partial charge in [-0.1, -0.05) is 77.9 Å². The molecule has 0 N–H and O–H groups in total. The summed E-state index contributed by atoms with van der Waals surface area (Å²) in [7, 11) is -1.84. The van der Waals surface area contributed by atoms with Gasteiger partial charge in [-0.2, -0.15) is 0 Å². The molecular formula is C24H27OPS. The summed E-state index contributed by atoms with van der Waals surface area (Å²) in [5, 5.41) is 3.77. The number of hydrogen-bond donors (Lipinski definition) is 0. The second-order valence-corrected chi connectivity index (χ2v) is 12.2. The van der Waals surface area contributed by atoms with Gasteiger partial charge in [-0.25, -0.2) is 0 Å². The second-order valence-electron chi connectivity index (χ2n) is 7.86. The van der Waals surface area contributed by atoms with Crippen molar-refractivity contribution < 1.29 is 4.21 Å². The molecule has 0 saturated carbocycles. The molecule has 27 heavy (non-hydrogen) atoms. The fraction of sp³-hybridized carbons (Fsp3) is 0.250. The van der Waals surface area contributed by atoms with Gasteiger partial charge in [0.15, 0.2) is 0 Å². The Balaban J connectivity index is 2.21. The highest BCUT2D eigenvalue weighted by atomic mass is 32.2. The normalized spacial score (nSPS) is 13.0. The fourth-order valence-corrected chi connectivity index (χ4v) is 6.86. The minimum absolute atomic E-state index is 0.294. The summed E-state index contributed by atoms with van der Waals surface area (Å²) in [4.78, 5) is 0.956. The van der Waals surface area contributed by atoms with Crippen LogP contribution in [0.25, 0.3) is 0 Å². The molecule has 0 unspecified atom stereocenters. The summed E-state index contributed by atoms with van der Waals surface area (Å²) in [6, 6.07) is 25.8. The molecule has 1 atom stereocenters. The summed E-state index contributed by atoms with van der Waals surface area (Å²) in [6.07, 6.45) is 0. The zero-order valence-electron chi connectivity index (χ0n) is 16.7. The molecule has 0 aliphatic rings. The number of benzene rings is 3. The van der Waals surface area contributed by atoms with Gasteiger partial charge in [0.25, 0.3) is 0 Å². The fourth-order valence-electron chi connectivity index (χ4n) is 2.94. The van der Waals surface area contributed by atoms with E-state index in [2.05, 4.69) is 74.5 Å². The molecule has 3 rings (SSSR count). The largest absolute Gasteiger partial charge is 0.254 e. The third kappa shape index (κ3) is 4.57. The van der Waals surface area contributed by atoms with Crippen LogP contribution in [0.15, 0.2) is 77.7 Å². The van der Waals surface area contributed by atoms with E-state index < -0.39 is 18.7 Å². The van der Waals surface area contributed by atoms with Crippen molar-refractivity contribution in [2.75, 3.05) is 0 Å². The maximum Gasteiger partial charge on any atom is 0.0590 e. The van der Waals surface area contributed by atoms with Gasteiger partial charge >= 0.3 is 0 Å². The zero-order chi connectivity index (χ0) is 19.6. The molecule has 0 aromatic heterocycles. The third-order valence-electron chi connectivity index (χ3n) is 4.45. The Morgan fingerprint density at radius 3 is 1.59 bits per heavy atom. The highest BCUT2D eigenvalue weighted by molar-refractivity contribution is 7.88. The van der Waals surface area contributed by atoms with Crippen LogP contribution in [-0.4, -0.2) is 8.96 Å². The molecule has 0 amide bonds. The van der Waals surface area contributed by atoms with Crippen molar-refractivity contribution in [2.45, 2.75) is 44.3 Å². The SMILES string of the molecule is Cc1ccc(P(c2ccc(C)cc2)c2ccccc2[S@](=O)C(C)(C)C)cc1. The van der Waals surface area contributed by atoms with Crippen LogP contribution in [0.4, 0.5) is 0 Å². The smallest absolute Gasteiger partial charge is 0.0590 e. The average molecular weight is 395 g/mol. The third-order valence-corrected chi connectivity index (χ3v) is 8.97. The Hall–Kier alpha value is -1.76. The lowest BCUT2D eigenvalue weighted by Crippen LogP contribution is -2.29. The van der Waals surface area contributed by atoms with E-state index in [1.165, 1.54) is 27.0 Å². The minimum Gasteiger partial charge on any atom is -0.254 e. The van der Waals surface area contributed by atoms with Gasteiger partial charge < -0.3 is 0 Å². The van der Waals surface area contributed by atoms with Gasteiger partial charge in [0.1, 0.15) is 0 Å². The van der Waals surface area contributed by atoms with E-state index in [1.807, 2.05) is 32.9 Å². The van der Waals surface area contributed by atoms with Crippen LogP contribution in [-0.2, 0) is 10.8 Å². The van der Waals surface area contributed by atoms with Crippen molar-refractivity contribution in [3.63, 3.8) is 0 Å². The highest BCUT2D eigenvalue weighted by Gasteiger charge is 2.27. The Bertz CT molecular complexity index is 892. The molecule has 0 bridgehead atoms. The van der Waals surface area contributed by atoms with Crippen molar-refractivity contribution >= 4 is 34.6 Å². The van der Waals surface area contributed by atoms with Crippen molar-refractivity contribution in [1.29, 1.82) is 0 Å². The molecule has 1 nitrogen and oxygen atoms in total. The zero-order valence-corrected chi connectivity index (χ0v) is 18.4. The minimum atomic E-state index is -1.07. The second kappa shape index (κ2) is 8.09. The summed E-state index contributed by atoms with van der Waals surface area (Å²) < 4.78 is 13.0. The molecule has 0 heterocycles.